The third-order valence-corrected chi connectivity index (χ3v) is 5.79. The van der Waals surface area contributed by atoms with Gasteiger partial charge in [0.1, 0.15) is 0 Å². The molecular formula is C26H26ClN3O3. The zero-order chi connectivity index (χ0) is 23.4. The van der Waals surface area contributed by atoms with E-state index in [1.807, 2.05) is 30.5 Å². The third-order valence-electron chi connectivity index (χ3n) is 5.53. The number of unbranched alkanes of at least 4 members (excludes halogenated alkanes) is 2. The maximum atomic E-state index is 13.0. The summed E-state index contributed by atoms with van der Waals surface area (Å²) in [5.74, 6) is 0.242. The lowest BCUT2D eigenvalue weighted by atomic mass is 10.1. The van der Waals surface area contributed by atoms with Gasteiger partial charge in [-0.3, -0.25) is 9.20 Å². The van der Waals surface area contributed by atoms with E-state index in [0.717, 1.165) is 42.6 Å². The summed E-state index contributed by atoms with van der Waals surface area (Å²) in [7, 11) is 0. The summed E-state index contributed by atoms with van der Waals surface area (Å²) in [6.07, 6.45) is 4.95. The van der Waals surface area contributed by atoms with E-state index in [1.165, 1.54) is 0 Å². The molecule has 4 rings (SSSR count). The first-order valence-electron chi connectivity index (χ1n) is 11.2. The number of aryl methyl sites for hydroxylation is 1. The number of benzene rings is 2. The number of carbonyl (C=O) groups excluding carboxylic acids is 1. The minimum atomic E-state index is -0.349. The molecule has 0 fully saturated rings. The van der Waals surface area contributed by atoms with Crippen molar-refractivity contribution in [3.8, 4) is 22.5 Å². The van der Waals surface area contributed by atoms with Crippen LogP contribution < -0.4 is 5.56 Å². The van der Waals surface area contributed by atoms with Gasteiger partial charge in [-0.05, 0) is 43.2 Å². The van der Waals surface area contributed by atoms with Crippen molar-refractivity contribution in [2.24, 2.45) is 0 Å². The Morgan fingerprint density at radius 3 is 2.36 bits per heavy atom. The Kier molecular flexibility index (Phi) is 6.94. The molecule has 0 saturated carbocycles. The minimum Gasteiger partial charge on any atom is -0.462 e. The highest BCUT2D eigenvalue weighted by atomic mass is 35.5. The van der Waals surface area contributed by atoms with Crippen LogP contribution in [-0.4, -0.2) is 26.5 Å². The SMILES string of the molecule is CCCCCn1c(-c2ccc(C(=O)OCC)cc2)cn2c(=O)cc(-c3ccc(Cl)cc3)nc12. The van der Waals surface area contributed by atoms with Crippen LogP contribution in [0.4, 0.5) is 0 Å². The number of esters is 1. The molecule has 0 N–H and O–H groups in total. The number of rotatable bonds is 8. The van der Waals surface area contributed by atoms with Crippen LogP contribution in [0.15, 0.2) is 65.6 Å². The van der Waals surface area contributed by atoms with Gasteiger partial charge in [-0.25, -0.2) is 9.78 Å². The van der Waals surface area contributed by atoms with E-state index >= 15 is 0 Å². The van der Waals surface area contributed by atoms with E-state index in [-0.39, 0.29) is 11.5 Å². The molecule has 0 saturated heterocycles. The van der Waals surface area contributed by atoms with Crippen LogP contribution in [0.25, 0.3) is 28.3 Å². The molecule has 0 amide bonds. The molecule has 2 heterocycles. The van der Waals surface area contributed by atoms with Crippen molar-refractivity contribution in [2.45, 2.75) is 39.7 Å². The molecule has 0 aliphatic carbocycles. The van der Waals surface area contributed by atoms with Crippen LogP contribution in [0.1, 0.15) is 43.5 Å². The second kappa shape index (κ2) is 10.0. The number of carbonyl (C=O) groups is 1. The van der Waals surface area contributed by atoms with Gasteiger partial charge >= 0.3 is 5.97 Å². The fourth-order valence-electron chi connectivity index (χ4n) is 3.82. The quantitative estimate of drug-likeness (QED) is 0.243. The Morgan fingerprint density at radius 2 is 1.70 bits per heavy atom. The Morgan fingerprint density at radius 1 is 1.00 bits per heavy atom. The Bertz CT molecular complexity index is 1320. The molecule has 6 nitrogen and oxygen atoms in total. The third kappa shape index (κ3) is 4.86. The van der Waals surface area contributed by atoms with Crippen LogP contribution >= 0.6 is 11.6 Å². The Balaban J connectivity index is 1.82. The first kappa shape index (κ1) is 22.8. The van der Waals surface area contributed by atoms with Gasteiger partial charge in [0.2, 0.25) is 5.78 Å². The Hall–Kier alpha value is -3.38. The van der Waals surface area contributed by atoms with Crippen LogP contribution in [-0.2, 0) is 11.3 Å². The summed E-state index contributed by atoms with van der Waals surface area (Å²) >= 11 is 6.02. The number of halogens is 1. The fourth-order valence-corrected chi connectivity index (χ4v) is 3.95. The van der Waals surface area contributed by atoms with Gasteiger partial charge in [0, 0.05) is 29.4 Å². The van der Waals surface area contributed by atoms with Gasteiger partial charge in [-0.2, -0.15) is 0 Å². The molecule has 0 radical (unpaired) electrons. The molecule has 4 aromatic rings. The van der Waals surface area contributed by atoms with Crippen molar-refractivity contribution in [3.63, 3.8) is 0 Å². The average molecular weight is 464 g/mol. The molecular weight excluding hydrogens is 438 g/mol. The molecule has 0 bridgehead atoms. The molecule has 170 valence electrons. The zero-order valence-electron chi connectivity index (χ0n) is 18.8. The van der Waals surface area contributed by atoms with E-state index < -0.39 is 0 Å². The van der Waals surface area contributed by atoms with E-state index in [2.05, 4.69) is 11.5 Å². The zero-order valence-corrected chi connectivity index (χ0v) is 19.5. The van der Waals surface area contributed by atoms with Crippen molar-refractivity contribution in [1.82, 2.24) is 14.0 Å². The second-order valence-electron chi connectivity index (χ2n) is 7.83. The number of hydrogen-bond donors (Lipinski definition) is 0. The molecule has 0 unspecified atom stereocenters. The van der Waals surface area contributed by atoms with Gasteiger partial charge < -0.3 is 9.30 Å². The summed E-state index contributed by atoms with van der Waals surface area (Å²) in [6.45, 7) is 5.00. The molecule has 0 atom stereocenters. The fraction of sp³-hybridized carbons (Fsp3) is 0.269. The van der Waals surface area contributed by atoms with Gasteiger partial charge in [0.05, 0.1) is 23.6 Å². The molecule has 33 heavy (non-hydrogen) atoms. The largest absolute Gasteiger partial charge is 0.462 e. The highest BCUT2D eigenvalue weighted by molar-refractivity contribution is 6.30. The van der Waals surface area contributed by atoms with Crippen molar-refractivity contribution >= 4 is 23.3 Å². The van der Waals surface area contributed by atoms with Crippen LogP contribution in [0.5, 0.6) is 0 Å². The van der Waals surface area contributed by atoms with E-state index in [9.17, 15) is 9.59 Å². The van der Waals surface area contributed by atoms with E-state index in [4.69, 9.17) is 21.3 Å². The highest BCUT2D eigenvalue weighted by Gasteiger charge is 2.16. The molecule has 0 spiro atoms. The van der Waals surface area contributed by atoms with Crippen molar-refractivity contribution in [1.29, 1.82) is 0 Å². The molecule has 2 aromatic carbocycles. The molecule has 0 aliphatic rings. The molecule has 0 aliphatic heterocycles. The molecule has 7 heteroatoms. The second-order valence-corrected chi connectivity index (χ2v) is 8.26. The van der Waals surface area contributed by atoms with E-state index in [0.29, 0.717) is 28.7 Å². The maximum absolute atomic E-state index is 13.0. The number of fused-ring (bicyclic) bond motifs is 1. The van der Waals surface area contributed by atoms with Gasteiger partial charge in [-0.1, -0.05) is 55.6 Å². The first-order valence-corrected chi connectivity index (χ1v) is 11.6. The summed E-state index contributed by atoms with van der Waals surface area (Å²) in [5.41, 5.74) is 3.56. The summed E-state index contributed by atoms with van der Waals surface area (Å²) in [5, 5.41) is 0.632. The van der Waals surface area contributed by atoms with Crippen molar-refractivity contribution in [2.75, 3.05) is 6.61 Å². The van der Waals surface area contributed by atoms with Gasteiger partial charge in [0.15, 0.2) is 0 Å². The molecule has 2 aromatic heterocycles. The van der Waals surface area contributed by atoms with Crippen molar-refractivity contribution < 1.29 is 9.53 Å². The topological polar surface area (TPSA) is 65.6 Å². The number of ether oxygens (including phenoxy) is 1. The van der Waals surface area contributed by atoms with Crippen LogP contribution in [0, 0.1) is 0 Å². The number of nitrogens with zero attached hydrogens (tertiary/aromatic N) is 3. The maximum Gasteiger partial charge on any atom is 0.338 e. The lowest BCUT2D eigenvalue weighted by Crippen LogP contribution is -2.14. The lowest BCUT2D eigenvalue weighted by Gasteiger charge is -2.10. The normalized spacial score (nSPS) is 11.1. The monoisotopic (exact) mass is 463 g/mol. The van der Waals surface area contributed by atoms with Crippen LogP contribution in [0.3, 0.4) is 0 Å². The first-order chi connectivity index (χ1) is 16.0. The minimum absolute atomic E-state index is 0.149. The summed E-state index contributed by atoms with van der Waals surface area (Å²) in [4.78, 5) is 29.9. The smallest absolute Gasteiger partial charge is 0.338 e. The van der Waals surface area contributed by atoms with Gasteiger partial charge in [-0.15, -0.1) is 0 Å². The standard InChI is InChI=1S/C26H26ClN3O3/c1-3-5-6-15-29-23(19-7-9-20(10-8-19)25(32)33-4-2)17-30-24(31)16-22(28-26(29)30)18-11-13-21(27)14-12-18/h7-14,16-17H,3-6,15H2,1-2H3. The van der Waals surface area contributed by atoms with Gasteiger partial charge in [0.25, 0.3) is 5.56 Å². The Labute approximate surface area is 197 Å². The number of hydrogen-bond acceptors (Lipinski definition) is 4. The predicted octanol–water partition coefficient (Wildman–Crippen LogP) is 5.85. The lowest BCUT2D eigenvalue weighted by molar-refractivity contribution is 0.0526. The predicted molar refractivity (Wildman–Crippen MR) is 131 cm³/mol. The van der Waals surface area contributed by atoms with Crippen molar-refractivity contribution in [3.05, 3.63) is 81.7 Å². The average Bonchev–Trinajstić information content (AvgIpc) is 3.19. The number of aromatic nitrogens is 3. The summed E-state index contributed by atoms with van der Waals surface area (Å²) in [6, 6.07) is 16.1. The van der Waals surface area contributed by atoms with Crippen LogP contribution in [0.2, 0.25) is 5.02 Å². The number of imidazole rings is 1. The van der Waals surface area contributed by atoms with E-state index in [1.54, 1.807) is 41.7 Å². The highest BCUT2D eigenvalue weighted by Crippen LogP contribution is 2.25. The summed E-state index contributed by atoms with van der Waals surface area (Å²) < 4.78 is 8.74.